The van der Waals surface area contributed by atoms with Gasteiger partial charge >= 0.3 is 5.97 Å². The summed E-state index contributed by atoms with van der Waals surface area (Å²) in [7, 11) is -0.380. The molecule has 1 aliphatic rings. The molecule has 0 radical (unpaired) electrons. The lowest BCUT2D eigenvalue weighted by Gasteiger charge is -2.31. The van der Waals surface area contributed by atoms with Crippen LogP contribution < -0.4 is 5.32 Å². The van der Waals surface area contributed by atoms with E-state index in [-0.39, 0.29) is 22.9 Å². The predicted molar refractivity (Wildman–Crippen MR) is 99.8 cm³/mol. The molecule has 2 rings (SSSR count). The maximum atomic E-state index is 13.0. The summed E-state index contributed by atoms with van der Waals surface area (Å²) in [6.45, 7) is 3.75. The molecule has 1 aromatic carbocycles. The average Bonchev–Trinajstić information content (AvgIpc) is 2.59. The van der Waals surface area contributed by atoms with E-state index in [0.717, 1.165) is 25.8 Å². The third-order valence-electron chi connectivity index (χ3n) is 4.60. The van der Waals surface area contributed by atoms with Gasteiger partial charge in [0.05, 0.1) is 17.6 Å². The summed E-state index contributed by atoms with van der Waals surface area (Å²) in [5, 5.41) is 3.14. The van der Waals surface area contributed by atoms with Crippen LogP contribution in [0, 0.1) is 12.8 Å². The molecule has 8 heteroatoms. The molecule has 0 aromatic heterocycles. The van der Waals surface area contributed by atoms with Gasteiger partial charge in [0, 0.05) is 13.1 Å². The minimum atomic E-state index is -3.59. The Hall–Kier alpha value is -1.15. The third kappa shape index (κ3) is 5.17. The molecule has 142 valence electrons. The lowest BCUT2D eigenvalue weighted by atomic mass is 9.95. The first-order valence-electron chi connectivity index (χ1n) is 8.24. The zero-order valence-corrected chi connectivity index (χ0v) is 16.6. The third-order valence-corrected chi connectivity index (χ3v) is 6.64. The number of methoxy groups -OCH3 is 1. The van der Waals surface area contributed by atoms with Crippen molar-refractivity contribution in [3.05, 3.63) is 29.3 Å². The van der Waals surface area contributed by atoms with Crippen LogP contribution in [0.25, 0.3) is 0 Å². The van der Waals surface area contributed by atoms with E-state index in [1.54, 1.807) is 19.1 Å². The lowest BCUT2D eigenvalue weighted by Crippen LogP contribution is -2.39. The normalized spacial score (nSPS) is 16.3. The van der Waals surface area contributed by atoms with E-state index in [2.05, 4.69) is 10.1 Å². The van der Waals surface area contributed by atoms with Gasteiger partial charge in [-0.2, -0.15) is 4.31 Å². The molecule has 6 nitrogen and oxygen atoms in total. The van der Waals surface area contributed by atoms with E-state index < -0.39 is 16.0 Å². The van der Waals surface area contributed by atoms with Crippen LogP contribution in [0.15, 0.2) is 23.1 Å². The zero-order chi connectivity index (χ0) is 17.7. The van der Waals surface area contributed by atoms with Gasteiger partial charge in [-0.1, -0.05) is 6.07 Å². The number of halogens is 1. The van der Waals surface area contributed by atoms with Crippen LogP contribution in [0.3, 0.4) is 0 Å². The Kier molecular flexibility index (Phi) is 8.34. The van der Waals surface area contributed by atoms with Crippen LogP contribution >= 0.6 is 12.4 Å². The summed E-state index contributed by atoms with van der Waals surface area (Å²) in [4.78, 5) is 11.9. The van der Waals surface area contributed by atoms with E-state index >= 15 is 0 Å². The summed E-state index contributed by atoms with van der Waals surface area (Å²) in [5.41, 5.74) is 0.894. The number of piperidine rings is 1. The standard InChI is InChI=1S/C17H26N2O4S.ClH/c1-13-4-5-15(17(20)23-3)12-16(13)24(21,22)19-10-7-14(8-11-19)6-9-18-2;/h4-5,12,14,18H,6-11H2,1-3H3;1H. The molecule has 1 heterocycles. The number of carbonyl (C=O) groups excluding carboxylic acids is 1. The number of hydrogen-bond donors (Lipinski definition) is 1. The highest BCUT2D eigenvalue weighted by atomic mass is 35.5. The van der Waals surface area contributed by atoms with Gasteiger partial charge in [-0.05, 0) is 63.4 Å². The molecular formula is C17H27ClN2O4S. The number of rotatable bonds is 6. The number of ether oxygens (including phenoxy) is 1. The Bertz CT molecular complexity index is 686. The van der Waals surface area contributed by atoms with E-state index in [9.17, 15) is 13.2 Å². The molecule has 1 aliphatic heterocycles. The number of sulfonamides is 1. The second kappa shape index (κ2) is 9.52. The summed E-state index contributed by atoms with van der Waals surface area (Å²) >= 11 is 0. The maximum Gasteiger partial charge on any atom is 0.337 e. The molecule has 0 saturated carbocycles. The van der Waals surface area contributed by atoms with Crippen LogP contribution in [0.2, 0.25) is 0 Å². The topological polar surface area (TPSA) is 75.7 Å². The molecule has 0 unspecified atom stereocenters. The largest absolute Gasteiger partial charge is 0.465 e. The highest BCUT2D eigenvalue weighted by Gasteiger charge is 2.30. The van der Waals surface area contributed by atoms with Gasteiger partial charge in [-0.25, -0.2) is 13.2 Å². The van der Waals surface area contributed by atoms with Gasteiger partial charge in [0.15, 0.2) is 0 Å². The molecule has 25 heavy (non-hydrogen) atoms. The van der Waals surface area contributed by atoms with Crippen molar-refractivity contribution in [2.75, 3.05) is 33.8 Å². The van der Waals surface area contributed by atoms with Gasteiger partial charge < -0.3 is 10.1 Å². The smallest absolute Gasteiger partial charge is 0.337 e. The number of esters is 1. The number of carbonyl (C=O) groups is 1. The van der Waals surface area contributed by atoms with Crippen LogP contribution in [-0.2, 0) is 14.8 Å². The van der Waals surface area contributed by atoms with Crippen molar-refractivity contribution in [3.8, 4) is 0 Å². The van der Waals surface area contributed by atoms with Gasteiger partial charge in [-0.3, -0.25) is 0 Å². The van der Waals surface area contributed by atoms with E-state index in [1.165, 1.54) is 17.5 Å². The number of hydrogen-bond acceptors (Lipinski definition) is 5. The molecule has 1 N–H and O–H groups in total. The second-order valence-corrected chi connectivity index (χ2v) is 8.12. The SMILES string of the molecule is CNCCC1CCN(S(=O)(=O)c2cc(C(=O)OC)ccc2C)CC1.Cl. The Morgan fingerprint density at radius 2 is 1.96 bits per heavy atom. The highest BCUT2D eigenvalue weighted by Crippen LogP contribution is 2.27. The monoisotopic (exact) mass is 390 g/mol. The van der Waals surface area contributed by atoms with Crippen LogP contribution in [0.5, 0.6) is 0 Å². The Morgan fingerprint density at radius 3 is 2.52 bits per heavy atom. The van der Waals surface area contributed by atoms with Crippen molar-refractivity contribution < 1.29 is 17.9 Å². The van der Waals surface area contributed by atoms with Crippen molar-refractivity contribution in [3.63, 3.8) is 0 Å². The summed E-state index contributed by atoms with van der Waals surface area (Å²) < 4.78 is 32.1. The van der Waals surface area contributed by atoms with E-state index in [4.69, 9.17) is 0 Å². The van der Waals surface area contributed by atoms with Gasteiger partial charge in [0.2, 0.25) is 10.0 Å². The molecule has 0 aliphatic carbocycles. The number of aryl methyl sites for hydroxylation is 1. The quantitative estimate of drug-likeness (QED) is 0.753. The fourth-order valence-electron chi connectivity index (χ4n) is 3.05. The van der Waals surface area contributed by atoms with Crippen LogP contribution in [0.1, 0.15) is 35.2 Å². The number of benzene rings is 1. The minimum absolute atomic E-state index is 0. The highest BCUT2D eigenvalue weighted by molar-refractivity contribution is 7.89. The van der Waals surface area contributed by atoms with Crippen LogP contribution in [-0.4, -0.2) is 52.5 Å². The molecular weight excluding hydrogens is 364 g/mol. The second-order valence-electron chi connectivity index (χ2n) is 6.21. The average molecular weight is 391 g/mol. The molecule has 0 amide bonds. The lowest BCUT2D eigenvalue weighted by molar-refractivity contribution is 0.0600. The Morgan fingerprint density at radius 1 is 1.32 bits per heavy atom. The Labute approximate surface area is 156 Å². The minimum Gasteiger partial charge on any atom is -0.465 e. The number of nitrogens with zero attached hydrogens (tertiary/aromatic N) is 1. The molecule has 0 spiro atoms. The van der Waals surface area contributed by atoms with E-state index in [1.807, 2.05) is 7.05 Å². The molecule has 1 saturated heterocycles. The number of nitrogens with one attached hydrogen (secondary N) is 1. The maximum absolute atomic E-state index is 13.0. The van der Waals surface area contributed by atoms with Crippen molar-refractivity contribution in [2.45, 2.75) is 31.1 Å². The van der Waals surface area contributed by atoms with Crippen molar-refractivity contribution in [1.82, 2.24) is 9.62 Å². The zero-order valence-electron chi connectivity index (χ0n) is 14.9. The van der Waals surface area contributed by atoms with Crippen LogP contribution in [0.4, 0.5) is 0 Å². The van der Waals surface area contributed by atoms with Crippen molar-refractivity contribution in [2.24, 2.45) is 5.92 Å². The fourth-order valence-corrected chi connectivity index (χ4v) is 4.77. The van der Waals surface area contributed by atoms with Gasteiger partial charge in [0.25, 0.3) is 0 Å². The van der Waals surface area contributed by atoms with Gasteiger partial charge in [0.1, 0.15) is 0 Å². The molecule has 0 atom stereocenters. The molecule has 1 aromatic rings. The molecule has 0 bridgehead atoms. The van der Waals surface area contributed by atoms with E-state index in [0.29, 0.717) is 24.6 Å². The summed E-state index contributed by atoms with van der Waals surface area (Å²) in [5.74, 6) is 0.0311. The first-order chi connectivity index (χ1) is 11.4. The first kappa shape index (κ1) is 21.9. The fraction of sp³-hybridized carbons (Fsp3) is 0.588. The first-order valence-corrected chi connectivity index (χ1v) is 9.68. The van der Waals surface area contributed by atoms with Crippen molar-refractivity contribution >= 4 is 28.4 Å². The summed E-state index contributed by atoms with van der Waals surface area (Å²) in [6.07, 6.45) is 2.81. The summed E-state index contributed by atoms with van der Waals surface area (Å²) in [6, 6.07) is 4.66. The Balaban J connectivity index is 0.00000312. The van der Waals surface area contributed by atoms with Crippen molar-refractivity contribution in [1.29, 1.82) is 0 Å². The molecule has 1 fully saturated rings. The van der Waals surface area contributed by atoms with Gasteiger partial charge in [-0.15, -0.1) is 12.4 Å². The predicted octanol–water partition coefficient (Wildman–Crippen LogP) is 2.21.